The van der Waals surface area contributed by atoms with E-state index in [1.54, 1.807) is 34.9 Å². The van der Waals surface area contributed by atoms with Gasteiger partial charge in [-0.2, -0.15) is 0 Å². The van der Waals surface area contributed by atoms with E-state index in [9.17, 15) is 20.2 Å². The van der Waals surface area contributed by atoms with E-state index in [4.69, 9.17) is 23.2 Å². The lowest BCUT2D eigenvalue weighted by Gasteiger charge is -2.11. The van der Waals surface area contributed by atoms with E-state index in [-0.39, 0.29) is 22.1 Å². The molecule has 33 heavy (non-hydrogen) atoms. The molecule has 162 valence electrons. The summed E-state index contributed by atoms with van der Waals surface area (Å²) in [7, 11) is 0. The smallest absolute Gasteiger partial charge is 0.274 e. The SMILES string of the molecule is O=[N+]([O-])c1cc(-c2nc3nc4ccccc4nc3n2-c2ccc(Cl)cc2Cl)cc([N+](=O)[O-])c1. The Kier molecular flexibility index (Phi) is 4.88. The Bertz CT molecular complexity index is 1590. The number of rotatable bonds is 4. The maximum atomic E-state index is 11.4. The van der Waals surface area contributed by atoms with Crippen molar-refractivity contribution in [2.45, 2.75) is 0 Å². The molecule has 0 saturated heterocycles. The first-order valence-electron chi connectivity index (χ1n) is 9.37. The number of nitrogens with zero attached hydrogens (tertiary/aromatic N) is 6. The highest BCUT2D eigenvalue weighted by Gasteiger charge is 2.24. The number of imidazole rings is 1. The molecule has 0 saturated carbocycles. The highest BCUT2D eigenvalue weighted by Crippen LogP contribution is 2.35. The first-order valence-corrected chi connectivity index (χ1v) is 10.1. The zero-order valence-corrected chi connectivity index (χ0v) is 17.9. The van der Waals surface area contributed by atoms with Crippen molar-refractivity contribution in [3.63, 3.8) is 0 Å². The van der Waals surface area contributed by atoms with Crippen LogP contribution < -0.4 is 0 Å². The number of benzene rings is 3. The highest BCUT2D eigenvalue weighted by atomic mass is 35.5. The molecule has 0 radical (unpaired) electrons. The van der Waals surface area contributed by atoms with Crippen LogP contribution in [-0.4, -0.2) is 29.4 Å². The number of nitro benzene ring substituents is 2. The van der Waals surface area contributed by atoms with Gasteiger partial charge in [-0.3, -0.25) is 24.8 Å². The largest absolute Gasteiger partial charge is 0.277 e. The molecule has 0 aliphatic carbocycles. The molecule has 3 aromatic carbocycles. The van der Waals surface area contributed by atoms with Crippen LogP contribution in [0.2, 0.25) is 10.0 Å². The Labute approximate surface area is 194 Å². The zero-order valence-electron chi connectivity index (χ0n) is 16.3. The third-order valence-electron chi connectivity index (χ3n) is 4.90. The van der Waals surface area contributed by atoms with Crippen LogP contribution in [0, 0.1) is 20.2 Å². The monoisotopic (exact) mass is 480 g/mol. The van der Waals surface area contributed by atoms with Gasteiger partial charge in [-0.05, 0) is 30.3 Å². The van der Waals surface area contributed by atoms with Crippen LogP contribution in [0.25, 0.3) is 39.4 Å². The second-order valence-corrected chi connectivity index (χ2v) is 7.82. The van der Waals surface area contributed by atoms with Gasteiger partial charge in [-0.25, -0.2) is 15.0 Å². The Morgan fingerprint density at radius 1 is 0.788 bits per heavy atom. The standard InChI is InChI=1S/C21H10Cl2N6O4/c22-12-5-6-18(15(23)9-12)27-20(11-7-13(28(30)31)10-14(8-11)29(32)33)26-19-21(27)25-17-4-2-1-3-16(17)24-19/h1-10H. The number of nitro groups is 2. The van der Waals surface area contributed by atoms with Gasteiger partial charge in [0.15, 0.2) is 11.3 Å². The number of halogens is 2. The summed E-state index contributed by atoms with van der Waals surface area (Å²) < 4.78 is 1.55. The van der Waals surface area contributed by atoms with Gasteiger partial charge in [0, 0.05) is 22.7 Å². The molecule has 0 fully saturated rings. The second-order valence-electron chi connectivity index (χ2n) is 6.98. The van der Waals surface area contributed by atoms with E-state index in [1.807, 2.05) is 6.07 Å². The van der Waals surface area contributed by atoms with Gasteiger partial charge in [-0.15, -0.1) is 0 Å². The van der Waals surface area contributed by atoms with Crippen LogP contribution in [0.1, 0.15) is 0 Å². The highest BCUT2D eigenvalue weighted by molar-refractivity contribution is 6.35. The molecule has 0 N–H and O–H groups in total. The lowest BCUT2D eigenvalue weighted by Crippen LogP contribution is -2.01. The van der Waals surface area contributed by atoms with Gasteiger partial charge in [-0.1, -0.05) is 35.3 Å². The van der Waals surface area contributed by atoms with Crippen LogP contribution in [0.4, 0.5) is 11.4 Å². The van der Waals surface area contributed by atoms with Crippen molar-refractivity contribution in [1.82, 2.24) is 19.5 Å². The molecule has 0 aliphatic rings. The molecule has 2 aromatic heterocycles. The first kappa shape index (κ1) is 20.7. The molecule has 0 amide bonds. The molecule has 5 rings (SSSR count). The molecular formula is C21H10Cl2N6O4. The number of hydrogen-bond acceptors (Lipinski definition) is 7. The summed E-state index contributed by atoms with van der Waals surface area (Å²) in [5.41, 5.74) is 1.40. The summed E-state index contributed by atoms with van der Waals surface area (Å²) in [5.74, 6) is 0.149. The van der Waals surface area contributed by atoms with Crippen molar-refractivity contribution in [2.75, 3.05) is 0 Å². The lowest BCUT2D eigenvalue weighted by atomic mass is 10.1. The minimum absolute atomic E-state index is 0.130. The summed E-state index contributed by atoms with van der Waals surface area (Å²) in [6, 6.07) is 15.2. The van der Waals surface area contributed by atoms with Crippen LogP contribution >= 0.6 is 23.2 Å². The zero-order chi connectivity index (χ0) is 23.3. The summed E-state index contributed by atoms with van der Waals surface area (Å²) >= 11 is 12.5. The second kappa shape index (κ2) is 7.76. The van der Waals surface area contributed by atoms with Gasteiger partial charge in [0.05, 0.1) is 37.7 Å². The van der Waals surface area contributed by atoms with E-state index in [2.05, 4.69) is 15.0 Å². The van der Waals surface area contributed by atoms with Gasteiger partial charge >= 0.3 is 0 Å². The number of non-ortho nitro benzene ring substituents is 2. The fourth-order valence-corrected chi connectivity index (χ4v) is 3.97. The predicted molar refractivity (Wildman–Crippen MR) is 123 cm³/mol. The fourth-order valence-electron chi connectivity index (χ4n) is 3.48. The summed E-state index contributed by atoms with van der Waals surface area (Å²) in [5, 5.41) is 23.5. The summed E-state index contributed by atoms with van der Waals surface area (Å²) in [6.45, 7) is 0. The molecule has 2 heterocycles. The maximum absolute atomic E-state index is 11.4. The quantitative estimate of drug-likeness (QED) is 0.236. The topological polar surface area (TPSA) is 130 Å². The molecule has 10 nitrogen and oxygen atoms in total. The van der Waals surface area contributed by atoms with Gasteiger partial charge in [0.25, 0.3) is 11.4 Å². The molecule has 0 unspecified atom stereocenters. The van der Waals surface area contributed by atoms with Crippen molar-refractivity contribution in [3.8, 4) is 17.1 Å². The van der Waals surface area contributed by atoms with Crippen molar-refractivity contribution in [2.24, 2.45) is 0 Å². The van der Waals surface area contributed by atoms with Crippen molar-refractivity contribution in [3.05, 3.63) is 90.9 Å². The molecular weight excluding hydrogens is 471 g/mol. The van der Waals surface area contributed by atoms with Gasteiger partial charge < -0.3 is 0 Å². The van der Waals surface area contributed by atoms with Crippen LogP contribution in [0.3, 0.4) is 0 Å². The Morgan fingerprint density at radius 3 is 2.03 bits per heavy atom. The first-order chi connectivity index (χ1) is 15.8. The number of aromatic nitrogens is 4. The van der Waals surface area contributed by atoms with Crippen molar-refractivity contribution >= 4 is 56.9 Å². The van der Waals surface area contributed by atoms with Crippen LogP contribution in [0.5, 0.6) is 0 Å². The van der Waals surface area contributed by atoms with Crippen LogP contribution in [0.15, 0.2) is 60.7 Å². The molecule has 12 heteroatoms. The Hall–Kier alpha value is -4.15. The van der Waals surface area contributed by atoms with E-state index < -0.39 is 21.2 Å². The summed E-state index contributed by atoms with van der Waals surface area (Å²) in [4.78, 5) is 35.2. The van der Waals surface area contributed by atoms with Crippen molar-refractivity contribution in [1.29, 1.82) is 0 Å². The van der Waals surface area contributed by atoms with Crippen LogP contribution in [-0.2, 0) is 0 Å². The minimum atomic E-state index is -0.705. The van der Waals surface area contributed by atoms with E-state index in [0.29, 0.717) is 27.4 Å². The molecule has 5 aromatic rings. The molecule has 0 spiro atoms. The third-order valence-corrected chi connectivity index (χ3v) is 5.44. The van der Waals surface area contributed by atoms with E-state index >= 15 is 0 Å². The molecule has 0 aliphatic heterocycles. The Balaban J connectivity index is 1.90. The number of fused-ring (bicyclic) bond motifs is 2. The fraction of sp³-hybridized carbons (Fsp3) is 0. The van der Waals surface area contributed by atoms with Gasteiger partial charge in [0.2, 0.25) is 0 Å². The average molecular weight is 481 g/mol. The Morgan fingerprint density at radius 2 is 1.42 bits per heavy atom. The predicted octanol–water partition coefficient (Wildman–Crippen LogP) is 5.76. The summed E-state index contributed by atoms with van der Waals surface area (Å²) in [6.07, 6.45) is 0. The van der Waals surface area contributed by atoms with Crippen molar-refractivity contribution < 1.29 is 9.85 Å². The lowest BCUT2D eigenvalue weighted by molar-refractivity contribution is -0.394. The van der Waals surface area contributed by atoms with E-state index in [0.717, 1.165) is 6.07 Å². The average Bonchev–Trinajstić information content (AvgIpc) is 3.15. The van der Waals surface area contributed by atoms with E-state index in [1.165, 1.54) is 18.2 Å². The van der Waals surface area contributed by atoms with Gasteiger partial charge in [0.1, 0.15) is 5.82 Å². The molecule has 0 bridgehead atoms. The third kappa shape index (κ3) is 3.60. The minimum Gasteiger partial charge on any atom is -0.274 e. The normalized spacial score (nSPS) is 11.2. The number of hydrogen-bond donors (Lipinski definition) is 0. The number of para-hydroxylation sites is 2. The maximum Gasteiger partial charge on any atom is 0.277 e. The molecule has 0 atom stereocenters.